The first-order valence-electron chi connectivity index (χ1n) is 4.70. The Morgan fingerprint density at radius 3 is 3.21 bits per heavy atom. The van der Waals surface area contributed by atoms with Crippen LogP contribution in [0.3, 0.4) is 0 Å². The lowest BCUT2D eigenvalue weighted by Crippen LogP contribution is -2.45. The summed E-state index contributed by atoms with van der Waals surface area (Å²) in [5.41, 5.74) is 0.845. The summed E-state index contributed by atoms with van der Waals surface area (Å²) in [5, 5.41) is 6.56. The van der Waals surface area contributed by atoms with Gasteiger partial charge in [-0.25, -0.2) is 4.79 Å². The Morgan fingerprint density at radius 2 is 2.57 bits per heavy atom. The third-order valence-electron chi connectivity index (χ3n) is 2.19. The summed E-state index contributed by atoms with van der Waals surface area (Å²) in [5.74, 6) is 0.736. The fourth-order valence-corrected chi connectivity index (χ4v) is 1.51. The lowest BCUT2D eigenvalue weighted by atomic mass is 10.3. The van der Waals surface area contributed by atoms with Crippen molar-refractivity contribution in [1.29, 1.82) is 0 Å². The van der Waals surface area contributed by atoms with Crippen molar-refractivity contribution in [3.05, 3.63) is 17.5 Å². The highest BCUT2D eigenvalue weighted by atomic mass is 16.5. The predicted octanol–water partition coefficient (Wildman–Crippen LogP) is 0.898. The first kappa shape index (κ1) is 9.05. The number of nitrogens with one attached hydrogen (secondary N) is 1. The van der Waals surface area contributed by atoms with E-state index in [2.05, 4.69) is 10.5 Å². The zero-order valence-corrected chi connectivity index (χ0v) is 8.12. The molecule has 0 radical (unpaired) electrons. The Bertz CT molecular complexity index is 335. The summed E-state index contributed by atoms with van der Waals surface area (Å²) >= 11 is 0. The van der Waals surface area contributed by atoms with Gasteiger partial charge in [0, 0.05) is 19.2 Å². The Balaban J connectivity index is 1.99. The summed E-state index contributed by atoms with van der Waals surface area (Å²) in [6.45, 7) is 3.92. The van der Waals surface area contributed by atoms with Gasteiger partial charge in [-0.3, -0.25) is 0 Å². The van der Waals surface area contributed by atoms with Crippen LogP contribution in [0.5, 0.6) is 0 Å². The number of rotatable bonds is 2. The van der Waals surface area contributed by atoms with Gasteiger partial charge in [-0.1, -0.05) is 5.16 Å². The Morgan fingerprint density at radius 1 is 1.71 bits per heavy atom. The molecule has 1 aliphatic rings. The van der Waals surface area contributed by atoms with Gasteiger partial charge in [0.15, 0.2) is 5.76 Å². The molecule has 0 atom stereocenters. The van der Waals surface area contributed by atoms with Gasteiger partial charge in [0.1, 0.15) is 0 Å². The van der Waals surface area contributed by atoms with Gasteiger partial charge in [0.25, 0.3) is 0 Å². The van der Waals surface area contributed by atoms with E-state index < -0.39 is 0 Å². The van der Waals surface area contributed by atoms with Crippen LogP contribution in [0.2, 0.25) is 0 Å². The van der Waals surface area contributed by atoms with Gasteiger partial charge in [-0.2, -0.15) is 0 Å². The molecule has 0 unspecified atom stereocenters. The quantitative estimate of drug-likeness (QED) is 0.762. The van der Waals surface area contributed by atoms with E-state index in [0.717, 1.165) is 31.0 Å². The predicted molar refractivity (Wildman–Crippen MR) is 49.7 cm³/mol. The van der Waals surface area contributed by atoms with Crippen molar-refractivity contribution in [1.82, 2.24) is 15.4 Å². The minimum Gasteiger partial charge on any atom is -0.359 e. The molecule has 14 heavy (non-hydrogen) atoms. The average molecular weight is 195 g/mol. The molecule has 0 saturated carbocycles. The van der Waals surface area contributed by atoms with E-state index in [-0.39, 0.29) is 6.03 Å². The van der Waals surface area contributed by atoms with Crippen molar-refractivity contribution in [3.8, 4) is 0 Å². The van der Waals surface area contributed by atoms with Crippen LogP contribution < -0.4 is 5.32 Å². The monoisotopic (exact) mass is 195 g/mol. The Kier molecular flexibility index (Phi) is 2.39. The number of hydrogen-bond acceptors (Lipinski definition) is 3. The molecule has 0 aromatic carbocycles. The van der Waals surface area contributed by atoms with E-state index in [1.54, 1.807) is 4.90 Å². The van der Waals surface area contributed by atoms with E-state index in [4.69, 9.17) is 4.52 Å². The number of carbonyl (C=O) groups is 1. The standard InChI is InChI=1S/C9H13N3O2/c1-7-5-8(14-11-7)6-12-4-2-3-10-9(12)13/h5H,2-4,6H2,1H3,(H,10,13). The van der Waals surface area contributed by atoms with Crippen LogP contribution in [0.1, 0.15) is 17.9 Å². The number of aromatic nitrogens is 1. The van der Waals surface area contributed by atoms with E-state index >= 15 is 0 Å². The van der Waals surface area contributed by atoms with Gasteiger partial charge in [-0.05, 0) is 13.3 Å². The molecule has 76 valence electrons. The molecular weight excluding hydrogens is 182 g/mol. The number of amides is 2. The molecule has 1 aromatic rings. The maximum Gasteiger partial charge on any atom is 0.317 e. The zero-order valence-electron chi connectivity index (χ0n) is 8.12. The van der Waals surface area contributed by atoms with E-state index in [9.17, 15) is 4.79 Å². The maximum absolute atomic E-state index is 11.4. The second-order valence-electron chi connectivity index (χ2n) is 3.44. The SMILES string of the molecule is Cc1cc(CN2CCCNC2=O)on1. The Hall–Kier alpha value is -1.52. The largest absolute Gasteiger partial charge is 0.359 e. The molecular formula is C9H13N3O2. The molecule has 0 spiro atoms. The van der Waals surface area contributed by atoms with Crippen LogP contribution in [-0.2, 0) is 6.54 Å². The highest BCUT2D eigenvalue weighted by Crippen LogP contribution is 2.08. The van der Waals surface area contributed by atoms with Gasteiger partial charge >= 0.3 is 6.03 Å². The van der Waals surface area contributed by atoms with Crippen LogP contribution in [0.25, 0.3) is 0 Å². The molecule has 1 N–H and O–H groups in total. The third-order valence-corrected chi connectivity index (χ3v) is 2.19. The van der Waals surface area contributed by atoms with Crippen molar-refractivity contribution < 1.29 is 9.32 Å². The van der Waals surface area contributed by atoms with Gasteiger partial charge in [0.05, 0.1) is 12.2 Å². The first-order chi connectivity index (χ1) is 6.75. The minimum absolute atomic E-state index is 0.0229. The summed E-state index contributed by atoms with van der Waals surface area (Å²) in [6.07, 6.45) is 0.985. The molecule has 1 saturated heterocycles. The molecule has 1 aliphatic heterocycles. The summed E-state index contributed by atoms with van der Waals surface area (Å²) < 4.78 is 5.04. The smallest absolute Gasteiger partial charge is 0.317 e. The number of hydrogen-bond donors (Lipinski definition) is 1. The molecule has 0 aliphatic carbocycles. The highest BCUT2D eigenvalue weighted by molar-refractivity contribution is 5.74. The fraction of sp³-hybridized carbons (Fsp3) is 0.556. The van der Waals surface area contributed by atoms with E-state index in [1.165, 1.54) is 0 Å². The molecule has 2 amide bonds. The average Bonchev–Trinajstić information content (AvgIpc) is 2.56. The van der Waals surface area contributed by atoms with Crippen LogP contribution in [-0.4, -0.2) is 29.2 Å². The summed E-state index contributed by atoms with van der Waals surface area (Å²) in [4.78, 5) is 13.1. The maximum atomic E-state index is 11.4. The lowest BCUT2D eigenvalue weighted by Gasteiger charge is -2.26. The van der Waals surface area contributed by atoms with Crippen molar-refractivity contribution in [2.45, 2.75) is 19.9 Å². The van der Waals surface area contributed by atoms with Crippen LogP contribution in [0, 0.1) is 6.92 Å². The summed E-state index contributed by atoms with van der Waals surface area (Å²) in [6, 6.07) is 1.83. The van der Waals surface area contributed by atoms with E-state index in [1.807, 2.05) is 13.0 Å². The van der Waals surface area contributed by atoms with Gasteiger partial charge in [-0.15, -0.1) is 0 Å². The van der Waals surface area contributed by atoms with Crippen molar-refractivity contribution in [3.63, 3.8) is 0 Å². The van der Waals surface area contributed by atoms with Crippen LogP contribution in [0.4, 0.5) is 4.79 Å². The first-order valence-corrected chi connectivity index (χ1v) is 4.70. The third kappa shape index (κ3) is 1.86. The Labute approximate surface area is 82.1 Å². The van der Waals surface area contributed by atoms with Crippen LogP contribution >= 0.6 is 0 Å². The number of nitrogens with zero attached hydrogens (tertiary/aromatic N) is 2. The van der Waals surface area contributed by atoms with Gasteiger partial charge in [0.2, 0.25) is 0 Å². The van der Waals surface area contributed by atoms with Crippen LogP contribution in [0.15, 0.2) is 10.6 Å². The van der Waals surface area contributed by atoms with Gasteiger partial charge < -0.3 is 14.7 Å². The van der Waals surface area contributed by atoms with Crippen molar-refractivity contribution in [2.75, 3.05) is 13.1 Å². The number of aryl methyl sites for hydroxylation is 1. The second-order valence-corrected chi connectivity index (χ2v) is 3.44. The molecule has 0 bridgehead atoms. The summed E-state index contributed by atoms with van der Waals surface area (Å²) in [7, 11) is 0. The highest BCUT2D eigenvalue weighted by Gasteiger charge is 2.18. The van der Waals surface area contributed by atoms with E-state index in [0.29, 0.717) is 6.54 Å². The lowest BCUT2D eigenvalue weighted by molar-refractivity contribution is 0.176. The van der Waals surface area contributed by atoms with Crippen molar-refractivity contribution in [2.24, 2.45) is 0 Å². The second kappa shape index (κ2) is 3.69. The fourth-order valence-electron chi connectivity index (χ4n) is 1.51. The van der Waals surface area contributed by atoms with Crippen molar-refractivity contribution >= 4 is 6.03 Å². The molecule has 5 nitrogen and oxygen atoms in total. The minimum atomic E-state index is -0.0229. The molecule has 2 heterocycles. The number of carbonyl (C=O) groups excluding carboxylic acids is 1. The molecule has 5 heteroatoms. The molecule has 1 aromatic heterocycles. The molecule has 1 fully saturated rings. The molecule has 2 rings (SSSR count). The normalized spacial score (nSPS) is 16.9. The zero-order chi connectivity index (χ0) is 9.97. The number of urea groups is 1. The topological polar surface area (TPSA) is 58.4 Å².